The highest BCUT2D eigenvalue weighted by atomic mass is 35.5. The first-order valence-corrected chi connectivity index (χ1v) is 21.9. The number of carbonyl (C=O) groups excluding carboxylic acids is 4. The van der Waals surface area contributed by atoms with Gasteiger partial charge in [-0.2, -0.15) is 0 Å². The molecule has 0 radical (unpaired) electrons. The largest absolute Gasteiger partial charge is 0.356 e. The lowest BCUT2D eigenvalue weighted by atomic mass is 10.1. The molecule has 0 aliphatic heterocycles. The molecule has 10 nitrogen and oxygen atoms in total. The van der Waals surface area contributed by atoms with E-state index in [1.165, 1.54) is 89.9 Å². The van der Waals surface area contributed by atoms with Gasteiger partial charge >= 0.3 is 0 Å². The van der Waals surface area contributed by atoms with Crippen molar-refractivity contribution in [1.29, 1.82) is 0 Å². The van der Waals surface area contributed by atoms with Crippen molar-refractivity contribution < 1.29 is 19.2 Å². The van der Waals surface area contributed by atoms with Crippen LogP contribution in [0.3, 0.4) is 0 Å². The summed E-state index contributed by atoms with van der Waals surface area (Å²) in [6.07, 6.45) is 31.8. The van der Waals surface area contributed by atoms with Crippen LogP contribution in [0.2, 0.25) is 0 Å². The molecule has 2 atom stereocenters. The van der Waals surface area contributed by atoms with Gasteiger partial charge in [-0.25, -0.2) is 0 Å². The van der Waals surface area contributed by atoms with Gasteiger partial charge in [-0.15, -0.1) is 24.8 Å². The molecule has 0 aliphatic rings. The molecule has 0 bridgehead atoms. The molecule has 0 fully saturated rings. The van der Waals surface area contributed by atoms with Crippen LogP contribution in [0.5, 0.6) is 0 Å². The van der Waals surface area contributed by atoms with Gasteiger partial charge in [0.25, 0.3) is 0 Å². The Kier molecular flexibility index (Phi) is 46.3. The summed E-state index contributed by atoms with van der Waals surface area (Å²) < 4.78 is 0. The molecule has 4 amide bonds. The highest BCUT2D eigenvalue weighted by Gasteiger charge is 2.13. The Labute approximate surface area is 344 Å². The number of hydrogen-bond donors (Lipinski definition) is 6. The number of hydrogen-bond acceptors (Lipinski definition) is 6. The zero-order chi connectivity index (χ0) is 38.3. The lowest BCUT2D eigenvalue weighted by Gasteiger charge is -2.13. The van der Waals surface area contributed by atoms with Gasteiger partial charge in [0.15, 0.2) is 0 Å². The van der Waals surface area contributed by atoms with Gasteiger partial charge < -0.3 is 32.7 Å². The van der Waals surface area contributed by atoms with Gasteiger partial charge in [0.05, 0.1) is 12.1 Å². The SMILES string of the molecule is CCCCCCCCCCCC(=O)NCCCC[C@H](N)C(=O)NCCCCCCNC(=O)[C@@H](N)CCCCNC(=O)CCCCCCCCCCC.Cl.Cl. The molecular formula is C42H86Cl2N6O4. The maximum atomic E-state index is 12.3. The molecular weight excluding hydrogens is 723 g/mol. The fourth-order valence-electron chi connectivity index (χ4n) is 6.35. The standard InChI is InChI=1S/C42H84N6O4.2ClH/c1-3-5-7-9-11-13-15-17-21-31-39(49)45-33-27-23-29-37(43)41(51)47-35-25-19-20-26-36-48-42(52)38(44)30-24-28-34-46-40(50)32-22-18-16-14-12-10-8-6-4-2;;/h37-38H,3-36,43-44H2,1-2H3,(H,45,49)(H,46,50)(H,47,51)(H,48,52);2*1H/t37-,38-;;/m0../s1. The van der Waals surface area contributed by atoms with E-state index >= 15 is 0 Å². The zero-order valence-corrected chi connectivity index (χ0v) is 36.4. The van der Waals surface area contributed by atoms with Crippen molar-refractivity contribution in [2.24, 2.45) is 11.5 Å². The second kappa shape index (κ2) is 44.1. The van der Waals surface area contributed by atoms with Gasteiger partial charge in [0, 0.05) is 39.0 Å². The van der Waals surface area contributed by atoms with Crippen LogP contribution in [0, 0.1) is 0 Å². The predicted molar refractivity (Wildman–Crippen MR) is 232 cm³/mol. The number of amides is 4. The summed E-state index contributed by atoms with van der Waals surface area (Å²) in [4.78, 5) is 48.7. The van der Waals surface area contributed by atoms with Gasteiger partial charge in [-0.05, 0) is 64.2 Å². The van der Waals surface area contributed by atoms with Crippen LogP contribution in [-0.4, -0.2) is 61.9 Å². The molecule has 0 aromatic heterocycles. The maximum absolute atomic E-state index is 12.3. The van der Waals surface area contributed by atoms with Gasteiger partial charge in [-0.3, -0.25) is 19.2 Å². The van der Waals surface area contributed by atoms with E-state index in [1.807, 2.05) is 0 Å². The molecule has 0 aromatic carbocycles. The first-order valence-electron chi connectivity index (χ1n) is 21.9. The van der Waals surface area contributed by atoms with Crippen LogP contribution < -0.4 is 32.7 Å². The van der Waals surface area contributed by atoms with E-state index in [1.54, 1.807) is 0 Å². The average molecular weight is 810 g/mol. The smallest absolute Gasteiger partial charge is 0.236 e. The summed E-state index contributed by atoms with van der Waals surface area (Å²) in [7, 11) is 0. The van der Waals surface area contributed by atoms with Crippen molar-refractivity contribution in [3.63, 3.8) is 0 Å². The van der Waals surface area contributed by atoms with Gasteiger partial charge in [-0.1, -0.05) is 129 Å². The van der Waals surface area contributed by atoms with Gasteiger partial charge in [0.2, 0.25) is 23.6 Å². The van der Waals surface area contributed by atoms with Crippen LogP contribution in [0.15, 0.2) is 0 Å². The third-order valence-corrected chi connectivity index (χ3v) is 9.92. The molecule has 0 saturated heterocycles. The fourth-order valence-corrected chi connectivity index (χ4v) is 6.35. The maximum Gasteiger partial charge on any atom is 0.236 e. The minimum atomic E-state index is -0.523. The summed E-state index contributed by atoms with van der Waals surface area (Å²) in [5, 5.41) is 11.8. The number of rotatable bonds is 39. The van der Waals surface area contributed by atoms with Crippen molar-refractivity contribution in [3.8, 4) is 0 Å². The van der Waals surface area contributed by atoms with Crippen LogP contribution in [0.1, 0.15) is 206 Å². The third-order valence-electron chi connectivity index (χ3n) is 9.92. The first kappa shape index (κ1) is 56.7. The molecule has 0 heterocycles. The van der Waals surface area contributed by atoms with Crippen molar-refractivity contribution >= 4 is 48.4 Å². The van der Waals surface area contributed by atoms with E-state index in [4.69, 9.17) is 11.5 Å². The molecule has 8 N–H and O–H groups in total. The Morgan fingerprint density at radius 3 is 0.963 bits per heavy atom. The third kappa shape index (κ3) is 40.1. The minimum Gasteiger partial charge on any atom is -0.356 e. The highest BCUT2D eigenvalue weighted by molar-refractivity contribution is 5.85. The van der Waals surface area contributed by atoms with Crippen molar-refractivity contribution in [1.82, 2.24) is 21.3 Å². The molecule has 0 aliphatic carbocycles. The van der Waals surface area contributed by atoms with E-state index < -0.39 is 12.1 Å². The Balaban J connectivity index is -0.0000130. The molecule has 0 saturated carbocycles. The Morgan fingerprint density at radius 1 is 0.370 bits per heavy atom. The predicted octanol–water partition coefficient (Wildman–Crippen LogP) is 8.69. The van der Waals surface area contributed by atoms with Crippen LogP contribution in [-0.2, 0) is 19.2 Å². The van der Waals surface area contributed by atoms with E-state index in [9.17, 15) is 19.2 Å². The summed E-state index contributed by atoms with van der Waals surface area (Å²) in [6, 6.07) is -1.05. The Hall–Kier alpha value is -1.62. The van der Waals surface area contributed by atoms with E-state index in [0.29, 0.717) is 51.9 Å². The molecule has 0 aromatic rings. The number of nitrogens with two attached hydrogens (primary N) is 2. The van der Waals surface area contributed by atoms with Crippen LogP contribution in [0.25, 0.3) is 0 Å². The fraction of sp³-hybridized carbons (Fsp3) is 0.905. The molecule has 322 valence electrons. The summed E-state index contributed by atoms with van der Waals surface area (Å²) in [5.41, 5.74) is 12.1. The molecule has 12 heteroatoms. The first-order chi connectivity index (χ1) is 25.3. The minimum absolute atomic E-state index is 0. The van der Waals surface area contributed by atoms with Gasteiger partial charge in [0.1, 0.15) is 0 Å². The Bertz CT molecular complexity index is 803. The summed E-state index contributed by atoms with van der Waals surface area (Å²) >= 11 is 0. The van der Waals surface area contributed by atoms with E-state index in [0.717, 1.165) is 77.0 Å². The monoisotopic (exact) mass is 809 g/mol. The van der Waals surface area contributed by atoms with Crippen LogP contribution in [0.4, 0.5) is 0 Å². The zero-order valence-electron chi connectivity index (χ0n) is 34.8. The van der Waals surface area contributed by atoms with Crippen molar-refractivity contribution in [2.45, 2.75) is 219 Å². The second-order valence-corrected chi connectivity index (χ2v) is 15.1. The normalized spacial score (nSPS) is 11.9. The number of nitrogens with one attached hydrogen (secondary N) is 4. The molecule has 0 spiro atoms. The van der Waals surface area contributed by atoms with E-state index in [2.05, 4.69) is 35.1 Å². The molecule has 54 heavy (non-hydrogen) atoms. The summed E-state index contributed by atoms with van der Waals surface area (Å²) in [5.74, 6) is 0.0131. The van der Waals surface area contributed by atoms with Crippen molar-refractivity contribution in [3.05, 3.63) is 0 Å². The topological polar surface area (TPSA) is 168 Å². The van der Waals surface area contributed by atoms with Crippen LogP contribution >= 0.6 is 24.8 Å². The van der Waals surface area contributed by atoms with E-state index in [-0.39, 0.29) is 48.4 Å². The lowest BCUT2D eigenvalue weighted by Crippen LogP contribution is -2.41. The summed E-state index contributed by atoms with van der Waals surface area (Å²) in [6.45, 7) is 6.94. The molecule has 0 unspecified atom stereocenters. The molecule has 0 rings (SSSR count). The second-order valence-electron chi connectivity index (χ2n) is 15.1. The lowest BCUT2D eigenvalue weighted by molar-refractivity contribution is -0.123. The highest BCUT2D eigenvalue weighted by Crippen LogP contribution is 2.12. The van der Waals surface area contributed by atoms with Crippen molar-refractivity contribution in [2.75, 3.05) is 26.2 Å². The quantitative estimate of drug-likeness (QED) is 0.0340. The number of halogens is 2. The average Bonchev–Trinajstić information content (AvgIpc) is 3.13. The number of carbonyl (C=O) groups is 4. The Morgan fingerprint density at radius 2 is 0.630 bits per heavy atom. The number of unbranched alkanes of at least 4 members (excludes halogenated alkanes) is 21.